The quantitative estimate of drug-likeness (QED) is 0.164. The maximum atomic E-state index is 11.0. The Labute approximate surface area is 210 Å². The molecule has 0 aliphatic rings. The van der Waals surface area contributed by atoms with E-state index in [4.69, 9.17) is 49.0 Å². The summed E-state index contributed by atoms with van der Waals surface area (Å²) in [5.41, 5.74) is 1.52. The number of carbonyl (C=O) groups is 1. The Morgan fingerprint density at radius 1 is 1.18 bits per heavy atom. The van der Waals surface area contributed by atoms with Crippen molar-refractivity contribution in [2.75, 3.05) is 25.7 Å². The number of benzene rings is 1. The Morgan fingerprint density at radius 3 is 2.27 bits per heavy atom. The van der Waals surface area contributed by atoms with Crippen LogP contribution in [0.4, 0.5) is 0 Å². The van der Waals surface area contributed by atoms with Gasteiger partial charge in [-0.3, -0.25) is 4.79 Å². The largest absolute Gasteiger partial charge is 0.490 e. The molecule has 0 aliphatic carbocycles. The SMILES string of the molecule is C=C(Cl)/C(OC[C@@H](O)CCl)=C(Cl)\C=C(/C)C(C)(C)c1ccc(OC[C@H](CO)OC(C)=O)cc1. The van der Waals surface area contributed by atoms with Crippen molar-refractivity contribution in [3.05, 3.63) is 63.9 Å². The Morgan fingerprint density at radius 2 is 1.79 bits per heavy atom. The zero-order chi connectivity index (χ0) is 25.2. The van der Waals surface area contributed by atoms with E-state index >= 15 is 0 Å². The molecule has 0 heterocycles. The van der Waals surface area contributed by atoms with Crippen LogP contribution in [0.25, 0.3) is 0 Å². The number of halogens is 3. The molecule has 0 unspecified atom stereocenters. The third-order valence-electron chi connectivity index (χ3n) is 4.94. The minimum atomic E-state index is -0.855. The maximum Gasteiger partial charge on any atom is 0.303 e. The van der Waals surface area contributed by atoms with Crippen LogP contribution in [0.5, 0.6) is 5.75 Å². The van der Waals surface area contributed by atoms with Gasteiger partial charge in [-0.15, -0.1) is 11.6 Å². The van der Waals surface area contributed by atoms with Gasteiger partial charge in [0.2, 0.25) is 0 Å². The molecule has 0 spiro atoms. The van der Waals surface area contributed by atoms with Gasteiger partial charge >= 0.3 is 5.97 Å². The third-order valence-corrected chi connectivity index (χ3v) is 5.75. The average Bonchev–Trinajstić information content (AvgIpc) is 2.76. The highest BCUT2D eigenvalue weighted by Gasteiger charge is 2.24. The van der Waals surface area contributed by atoms with Crippen molar-refractivity contribution in [2.24, 2.45) is 0 Å². The molecule has 2 N–H and O–H groups in total. The van der Waals surface area contributed by atoms with Crippen molar-refractivity contribution in [1.82, 2.24) is 0 Å². The number of ether oxygens (including phenoxy) is 3. The molecule has 2 atom stereocenters. The number of rotatable bonds is 13. The molecule has 0 bridgehead atoms. The van der Waals surface area contributed by atoms with E-state index in [9.17, 15) is 15.0 Å². The van der Waals surface area contributed by atoms with Crippen molar-refractivity contribution in [1.29, 1.82) is 0 Å². The maximum absolute atomic E-state index is 11.0. The highest BCUT2D eigenvalue weighted by Crippen LogP contribution is 2.34. The van der Waals surface area contributed by atoms with Crippen molar-refractivity contribution in [3.63, 3.8) is 0 Å². The summed E-state index contributed by atoms with van der Waals surface area (Å²) in [6, 6.07) is 7.43. The smallest absolute Gasteiger partial charge is 0.303 e. The second-order valence-electron chi connectivity index (χ2n) is 7.90. The highest BCUT2D eigenvalue weighted by molar-refractivity contribution is 6.36. The minimum absolute atomic E-state index is 0.0195. The number of esters is 1. The fourth-order valence-electron chi connectivity index (χ4n) is 2.68. The van der Waals surface area contributed by atoms with Crippen molar-refractivity contribution >= 4 is 40.8 Å². The number of carbonyl (C=O) groups excluding carboxylic acids is 1. The van der Waals surface area contributed by atoms with Gasteiger partial charge in [0, 0.05) is 12.3 Å². The number of hydrogen-bond donors (Lipinski definition) is 2. The van der Waals surface area contributed by atoms with Crippen molar-refractivity contribution in [3.8, 4) is 5.75 Å². The van der Waals surface area contributed by atoms with E-state index in [0.29, 0.717) is 5.75 Å². The lowest BCUT2D eigenvalue weighted by atomic mass is 9.78. The molecule has 0 aliphatic heterocycles. The topological polar surface area (TPSA) is 85.2 Å². The van der Waals surface area contributed by atoms with Crippen molar-refractivity contribution < 1.29 is 29.2 Å². The molecule has 6 nitrogen and oxygen atoms in total. The monoisotopic (exact) mass is 520 g/mol. The van der Waals surface area contributed by atoms with Crippen LogP contribution >= 0.6 is 34.8 Å². The van der Waals surface area contributed by atoms with Crippen LogP contribution in [0.2, 0.25) is 0 Å². The van der Waals surface area contributed by atoms with Crippen molar-refractivity contribution in [2.45, 2.75) is 45.3 Å². The van der Waals surface area contributed by atoms with Crippen LogP contribution in [-0.4, -0.2) is 54.1 Å². The molecule has 0 saturated carbocycles. The normalized spacial score (nSPS) is 14.8. The zero-order valence-electron chi connectivity index (χ0n) is 19.2. The van der Waals surface area contributed by atoms with E-state index in [1.807, 2.05) is 32.9 Å². The molecule has 9 heteroatoms. The van der Waals surface area contributed by atoms with Crippen LogP contribution < -0.4 is 4.74 Å². The van der Waals surface area contributed by atoms with E-state index in [1.54, 1.807) is 18.2 Å². The molecule has 33 heavy (non-hydrogen) atoms. The molecule has 184 valence electrons. The van der Waals surface area contributed by atoms with E-state index in [0.717, 1.165) is 11.1 Å². The fourth-order valence-corrected chi connectivity index (χ4v) is 3.31. The molecule has 1 aromatic carbocycles. The average molecular weight is 522 g/mol. The van der Waals surface area contributed by atoms with Crippen LogP contribution in [-0.2, 0) is 19.7 Å². The molecule has 0 amide bonds. The van der Waals surface area contributed by atoms with E-state index < -0.39 is 23.6 Å². The van der Waals surface area contributed by atoms with E-state index in [2.05, 4.69) is 6.58 Å². The summed E-state index contributed by atoms with van der Waals surface area (Å²) < 4.78 is 16.1. The molecule has 0 radical (unpaired) electrons. The Bertz CT molecular complexity index is 861. The predicted octanol–water partition coefficient (Wildman–Crippen LogP) is 5.03. The molecular weight excluding hydrogens is 491 g/mol. The Hall–Kier alpha value is -1.70. The predicted molar refractivity (Wildman–Crippen MR) is 132 cm³/mol. The highest BCUT2D eigenvalue weighted by atomic mass is 35.5. The van der Waals surface area contributed by atoms with Crippen LogP contribution in [0, 0.1) is 0 Å². The first-order valence-electron chi connectivity index (χ1n) is 10.2. The molecule has 1 rings (SSSR count). The molecule has 1 aromatic rings. The summed E-state index contributed by atoms with van der Waals surface area (Å²) in [6.45, 7) is 10.6. The van der Waals surface area contributed by atoms with Crippen LogP contribution in [0.1, 0.15) is 33.3 Å². The fraction of sp³-hybridized carbons (Fsp3) is 0.458. The molecule has 0 fully saturated rings. The van der Waals surface area contributed by atoms with Gasteiger partial charge in [0.15, 0.2) is 11.9 Å². The third kappa shape index (κ3) is 9.59. The van der Waals surface area contributed by atoms with Crippen LogP contribution in [0.15, 0.2) is 58.3 Å². The molecule has 0 aromatic heterocycles. The lowest BCUT2D eigenvalue weighted by Gasteiger charge is -2.27. The van der Waals surface area contributed by atoms with Gasteiger partial charge in [-0.25, -0.2) is 0 Å². The van der Waals surface area contributed by atoms with Crippen LogP contribution in [0.3, 0.4) is 0 Å². The summed E-state index contributed by atoms with van der Waals surface area (Å²) in [4.78, 5) is 11.0. The number of allylic oxidation sites excluding steroid dienone is 4. The first kappa shape index (κ1) is 29.3. The summed E-state index contributed by atoms with van der Waals surface area (Å²) in [7, 11) is 0. The van der Waals surface area contributed by atoms with Gasteiger partial charge in [-0.1, -0.05) is 61.3 Å². The summed E-state index contributed by atoms with van der Waals surface area (Å²) in [6.07, 6.45) is 0.162. The first-order chi connectivity index (χ1) is 15.4. The number of alkyl halides is 1. The van der Waals surface area contributed by atoms with E-state index in [-0.39, 0.29) is 41.5 Å². The molecular formula is C24H31Cl3O6. The summed E-state index contributed by atoms with van der Waals surface area (Å²) in [5, 5.41) is 19.2. The number of aliphatic hydroxyl groups excluding tert-OH is 2. The van der Waals surface area contributed by atoms with Gasteiger partial charge in [0.25, 0.3) is 0 Å². The van der Waals surface area contributed by atoms with Gasteiger partial charge in [0.05, 0.1) is 22.6 Å². The summed E-state index contributed by atoms with van der Waals surface area (Å²) >= 11 is 18.1. The second kappa shape index (κ2) is 13.9. The first-order valence-corrected chi connectivity index (χ1v) is 11.5. The van der Waals surface area contributed by atoms with Gasteiger partial charge in [-0.05, 0) is 30.7 Å². The molecule has 0 saturated heterocycles. The van der Waals surface area contributed by atoms with Gasteiger partial charge < -0.3 is 24.4 Å². The second-order valence-corrected chi connectivity index (χ2v) is 9.07. The Balaban J connectivity index is 2.99. The Kier molecular flexibility index (Phi) is 12.3. The summed E-state index contributed by atoms with van der Waals surface area (Å²) in [5.74, 6) is 0.289. The van der Waals surface area contributed by atoms with E-state index in [1.165, 1.54) is 6.92 Å². The van der Waals surface area contributed by atoms with Gasteiger partial charge in [0.1, 0.15) is 25.1 Å². The lowest BCUT2D eigenvalue weighted by molar-refractivity contribution is -0.150. The number of aliphatic hydroxyl groups is 2. The number of hydrogen-bond acceptors (Lipinski definition) is 6. The zero-order valence-corrected chi connectivity index (χ0v) is 21.5. The lowest BCUT2D eigenvalue weighted by Crippen LogP contribution is -2.27. The minimum Gasteiger partial charge on any atom is -0.490 e. The standard InChI is InChI=1S/C24H31Cl3O6/c1-15(10-22(27)23(16(2)26)32-13-19(30)11-25)24(4,5)18-6-8-20(9-7-18)31-14-21(12-28)33-17(3)29/h6-10,19,21,28,30H,2,11-14H2,1,3-5H3/b15-10+,23-22-/t19-,21-/m0/s1. The van der Waals surface area contributed by atoms with Gasteiger partial charge in [-0.2, -0.15) is 0 Å².